The fourth-order valence-corrected chi connectivity index (χ4v) is 3.99. The van der Waals surface area contributed by atoms with Gasteiger partial charge in [-0.2, -0.15) is 0 Å². The molecule has 6 nitrogen and oxygen atoms in total. The van der Waals surface area contributed by atoms with E-state index in [-0.39, 0.29) is 12.1 Å². The molecule has 1 aliphatic heterocycles. The van der Waals surface area contributed by atoms with Crippen LogP contribution in [0.5, 0.6) is 17.2 Å². The number of hydrogen-bond acceptors (Lipinski definition) is 4. The van der Waals surface area contributed by atoms with E-state index in [0.717, 1.165) is 35.7 Å². The lowest BCUT2D eigenvalue weighted by Gasteiger charge is -2.31. The SMILES string of the molecule is CCN(CC1COc2ccccc2O1)C(=O)NCc1ccccc1OC1CCCC1. The van der Waals surface area contributed by atoms with E-state index in [0.29, 0.717) is 32.3 Å². The van der Waals surface area contributed by atoms with Crippen LogP contribution < -0.4 is 19.5 Å². The van der Waals surface area contributed by atoms with Crippen LogP contribution in [-0.4, -0.2) is 42.8 Å². The molecule has 1 N–H and O–H groups in total. The molecule has 0 aromatic heterocycles. The first-order chi connectivity index (χ1) is 14.7. The standard InChI is InChI=1S/C24H30N2O4/c1-2-26(16-20-17-28-22-13-7-8-14-23(22)30-20)24(27)25-15-18-9-3-6-12-21(18)29-19-10-4-5-11-19/h3,6-9,12-14,19-20H,2,4-5,10-11,15-17H2,1H3,(H,25,27). The molecule has 1 atom stereocenters. The third-order valence-electron chi connectivity index (χ3n) is 5.66. The average Bonchev–Trinajstić information content (AvgIpc) is 3.29. The summed E-state index contributed by atoms with van der Waals surface area (Å²) in [6, 6.07) is 15.5. The number of benzene rings is 2. The number of carbonyl (C=O) groups excluding carboxylic acids is 1. The smallest absolute Gasteiger partial charge is 0.317 e. The summed E-state index contributed by atoms with van der Waals surface area (Å²) in [6.07, 6.45) is 4.77. The van der Waals surface area contributed by atoms with Crippen LogP contribution in [0.15, 0.2) is 48.5 Å². The van der Waals surface area contributed by atoms with Gasteiger partial charge < -0.3 is 24.4 Å². The summed E-state index contributed by atoms with van der Waals surface area (Å²) in [5.41, 5.74) is 1.000. The number of nitrogens with one attached hydrogen (secondary N) is 1. The molecular formula is C24H30N2O4. The van der Waals surface area contributed by atoms with E-state index in [1.165, 1.54) is 12.8 Å². The van der Waals surface area contributed by atoms with Crippen LogP contribution in [0, 0.1) is 0 Å². The largest absolute Gasteiger partial charge is 0.490 e. The first kappa shape index (κ1) is 20.4. The van der Waals surface area contributed by atoms with E-state index in [1.54, 1.807) is 4.90 Å². The van der Waals surface area contributed by atoms with Gasteiger partial charge in [0.25, 0.3) is 0 Å². The fraction of sp³-hybridized carbons (Fsp3) is 0.458. The Labute approximate surface area is 178 Å². The second kappa shape index (κ2) is 9.74. The summed E-state index contributed by atoms with van der Waals surface area (Å²) in [5, 5.41) is 3.03. The second-order valence-corrected chi connectivity index (χ2v) is 7.83. The molecule has 1 heterocycles. The minimum absolute atomic E-state index is 0.115. The van der Waals surface area contributed by atoms with E-state index < -0.39 is 0 Å². The Morgan fingerprint density at radius 1 is 1.10 bits per heavy atom. The molecule has 0 saturated heterocycles. The highest BCUT2D eigenvalue weighted by Gasteiger charge is 2.25. The van der Waals surface area contributed by atoms with Gasteiger partial charge in [0.1, 0.15) is 12.4 Å². The van der Waals surface area contributed by atoms with Crippen LogP contribution >= 0.6 is 0 Å². The highest BCUT2D eigenvalue weighted by molar-refractivity contribution is 5.74. The maximum Gasteiger partial charge on any atom is 0.317 e. The first-order valence-electron chi connectivity index (χ1n) is 10.9. The average molecular weight is 411 g/mol. The van der Waals surface area contributed by atoms with Crippen molar-refractivity contribution in [3.05, 3.63) is 54.1 Å². The molecule has 2 amide bonds. The van der Waals surface area contributed by atoms with Gasteiger partial charge in [0.2, 0.25) is 0 Å². The van der Waals surface area contributed by atoms with Crippen molar-refractivity contribution in [1.82, 2.24) is 10.2 Å². The van der Waals surface area contributed by atoms with Gasteiger partial charge >= 0.3 is 6.03 Å². The number of likely N-dealkylation sites (N-methyl/N-ethyl adjacent to an activating group) is 1. The van der Waals surface area contributed by atoms with Crippen LogP contribution in [0.25, 0.3) is 0 Å². The zero-order valence-electron chi connectivity index (χ0n) is 17.5. The van der Waals surface area contributed by atoms with Gasteiger partial charge in [-0.05, 0) is 50.8 Å². The minimum atomic E-state index is -0.191. The van der Waals surface area contributed by atoms with Gasteiger partial charge in [0.15, 0.2) is 17.6 Å². The molecule has 30 heavy (non-hydrogen) atoms. The summed E-state index contributed by atoms with van der Waals surface area (Å²) >= 11 is 0. The zero-order chi connectivity index (χ0) is 20.8. The Balaban J connectivity index is 1.32. The molecule has 1 unspecified atom stereocenters. The van der Waals surface area contributed by atoms with Crippen molar-refractivity contribution in [1.29, 1.82) is 0 Å². The van der Waals surface area contributed by atoms with E-state index in [4.69, 9.17) is 14.2 Å². The lowest BCUT2D eigenvalue weighted by molar-refractivity contribution is 0.0675. The minimum Gasteiger partial charge on any atom is -0.490 e. The van der Waals surface area contributed by atoms with E-state index in [1.807, 2.05) is 55.5 Å². The van der Waals surface area contributed by atoms with Gasteiger partial charge in [0.05, 0.1) is 12.6 Å². The number of para-hydroxylation sites is 3. The van der Waals surface area contributed by atoms with Crippen LogP contribution in [0.4, 0.5) is 4.79 Å². The molecule has 0 radical (unpaired) electrons. The predicted octanol–water partition coefficient (Wildman–Crippen LogP) is 4.38. The Hall–Kier alpha value is -2.89. The number of carbonyl (C=O) groups is 1. The second-order valence-electron chi connectivity index (χ2n) is 7.83. The Morgan fingerprint density at radius 3 is 2.63 bits per heavy atom. The van der Waals surface area contributed by atoms with Crippen LogP contribution in [0.1, 0.15) is 38.2 Å². The third kappa shape index (κ3) is 4.99. The summed E-state index contributed by atoms with van der Waals surface area (Å²) in [7, 11) is 0. The summed E-state index contributed by atoms with van der Waals surface area (Å²) in [4.78, 5) is 14.6. The molecular weight excluding hydrogens is 380 g/mol. The molecule has 1 saturated carbocycles. The van der Waals surface area contributed by atoms with E-state index in [2.05, 4.69) is 5.32 Å². The summed E-state index contributed by atoms with van der Waals surface area (Å²) in [6.45, 7) is 3.89. The van der Waals surface area contributed by atoms with Crippen molar-refractivity contribution in [3.8, 4) is 17.2 Å². The lowest BCUT2D eigenvalue weighted by Crippen LogP contribution is -2.47. The van der Waals surface area contributed by atoms with Crippen molar-refractivity contribution >= 4 is 6.03 Å². The lowest BCUT2D eigenvalue weighted by atomic mass is 10.2. The Kier molecular flexibility index (Phi) is 6.62. The summed E-state index contributed by atoms with van der Waals surface area (Å²) in [5.74, 6) is 2.34. The number of hydrogen-bond donors (Lipinski definition) is 1. The molecule has 0 spiro atoms. The molecule has 4 rings (SSSR count). The maximum atomic E-state index is 12.8. The zero-order valence-corrected chi connectivity index (χ0v) is 17.5. The highest BCUT2D eigenvalue weighted by Crippen LogP contribution is 2.31. The first-order valence-corrected chi connectivity index (χ1v) is 10.9. The number of nitrogens with zero attached hydrogens (tertiary/aromatic N) is 1. The number of fused-ring (bicyclic) bond motifs is 1. The monoisotopic (exact) mass is 410 g/mol. The number of ether oxygens (including phenoxy) is 3. The number of amides is 2. The van der Waals surface area contributed by atoms with Crippen LogP contribution in [0.3, 0.4) is 0 Å². The number of urea groups is 1. The molecule has 2 aromatic carbocycles. The normalized spacial score (nSPS) is 18.1. The maximum absolute atomic E-state index is 12.8. The van der Waals surface area contributed by atoms with Crippen LogP contribution in [-0.2, 0) is 6.54 Å². The van der Waals surface area contributed by atoms with E-state index in [9.17, 15) is 4.79 Å². The summed E-state index contributed by atoms with van der Waals surface area (Å²) < 4.78 is 18.0. The van der Waals surface area contributed by atoms with Gasteiger partial charge in [-0.25, -0.2) is 4.79 Å². The fourth-order valence-electron chi connectivity index (χ4n) is 3.99. The van der Waals surface area contributed by atoms with Crippen molar-refractivity contribution in [2.75, 3.05) is 19.7 Å². The highest BCUT2D eigenvalue weighted by atomic mass is 16.6. The molecule has 6 heteroatoms. The molecule has 2 aromatic rings. The van der Waals surface area contributed by atoms with Crippen LogP contribution in [0.2, 0.25) is 0 Å². The molecule has 1 fully saturated rings. The molecule has 0 bridgehead atoms. The predicted molar refractivity (Wildman–Crippen MR) is 115 cm³/mol. The topological polar surface area (TPSA) is 60.0 Å². The molecule has 1 aliphatic carbocycles. The van der Waals surface area contributed by atoms with E-state index >= 15 is 0 Å². The molecule has 160 valence electrons. The number of rotatable bonds is 7. The van der Waals surface area contributed by atoms with Gasteiger partial charge in [-0.3, -0.25) is 0 Å². The molecule has 2 aliphatic rings. The van der Waals surface area contributed by atoms with Crippen molar-refractivity contribution < 1.29 is 19.0 Å². The Morgan fingerprint density at radius 2 is 1.83 bits per heavy atom. The van der Waals surface area contributed by atoms with Crippen molar-refractivity contribution in [2.24, 2.45) is 0 Å². The third-order valence-corrected chi connectivity index (χ3v) is 5.66. The van der Waals surface area contributed by atoms with Gasteiger partial charge in [-0.1, -0.05) is 30.3 Å². The quantitative estimate of drug-likeness (QED) is 0.736. The van der Waals surface area contributed by atoms with Gasteiger partial charge in [0, 0.05) is 18.7 Å². The Bertz CT molecular complexity index is 851. The van der Waals surface area contributed by atoms with Crippen molar-refractivity contribution in [2.45, 2.75) is 51.4 Å². The van der Waals surface area contributed by atoms with Crippen molar-refractivity contribution in [3.63, 3.8) is 0 Å². The van der Waals surface area contributed by atoms with Gasteiger partial charge in [-0.15, -0.1) is 0 Å².